The van der Waals surface area contributed by atoms with Crippen LogP contribution in [0.3, 0.4) is 0 Å². The van der Waals surface area contributed by atoms with Gasteiger partial charge in [-0.15, -0.1) is 0 Å². The molecule has 0 aliphatic carbocycles. The number of nitrogens with zero attached hydrogens (tertiary/aromatic N) is 1. The van der Waals surface area contributed by atoms with E-state index in [1.807, 2.05) is 54.3 Å². The molecular weight excluding hydrogens is 324 g/mol. The minimum atomic E-state index is -0.163. The summed E-state index contributed by atoms with van der Waals surface area (Å²) in [6, 6.07) is 15.2. The van der Waals surface area contributed by atoms with Crippen LogP contribution in [0.25, 0.3) is 0 Å². The van der Waals surface area contributed by atoms with Crippen LogP contribution in [0.2, 0.25) is 0 Å². The second-order valence-corrected chi connectivity index (χ2v) is 6.55. The maximum absolute atomic E-state index is 12.8. The van der Waals surface area contributed by atoms with Gasteiger partial charge in [-0.05, 0) is 49.1 Å². The predicted molar refractivity (Wildman–Crippen MR) is 105 cm³/mol. The lowest BCUT2D eigenvalue weighted by molar-refractivity contribution is 0.0755. The number of carbonyl (C=O) groups is 2. The number of amides is 2. The number of hydrogen-bond donors (Lipinski definition) is 1. The first-order chi connectivity index (χ1) is 12.5. The summed E-state index contributed by atoms with van der Waals surface area (Å²) in [6.07, 6.45) is 1.84. The average Bonchev–Trinajstić information content (AvgIpc) is 2.65. The third-order valence-electron chi connectivity index (χ3n) is 4.16. The zero-order valence-corrected chi connectivity index (χ0v) is 15.9. The quantitative estimate of drug-likeness (QED) is 0.774. The fraction of sp³-hybridized carbons (Fsp3) is 0.364. The van der Waals surface area contributed by atoms with Gasteiger partial charge in [-0.1, -0.05) is 44.2 Å². The Kier molecular flexibility index (Phi) is 7.39. The molecule has 4 nitrogen and oxygen atoms in total. The number of benzene rings is 2. The molecule has 2 aromatic rings. The van der Waals surface area contributed by atoms with Crippen LogP contribution in [0.4, 0.5) is 0 Å². The second kappa shape index (κ2) is 9.76. The SMILES string of the molecule is CCCN(CCC)C(=O)c1cc(C)cc(C(=O)NCc2ccccc2)c1. The monoisotopic (exact) mass is 352 g/mol. The Bertz CT molecular complexity index is 735. The normalized spacial score (nSPS) is 10.4. The zero-order chi connectivity index (χ0) is 18.9. The fourth-order valence-corrected chi connectivity index (χ4v) is 2.96. The van der Waals surface area contributed by atoms with E-state index in [0.29, 0.717) is 17.7 Å². The largest absolute Gasteiger partial charge is 0.348 e. The van der Waals surface area contributed by atoms with Crippen molar-refractivity contribution in [3.8, 4) is 0 Å². The van der Waals surface area contributed by atoms with Gasteiger partial charge in [0.1, 0.15) is 0 Å². The lowest BCUT2D eigenvalue weighted by Gasteiger charge is -2.22. The van der Waals surface area contributed by atoms with Crippen molar-refractivity contribution in [1.82, 2.24) is 10.2 Å². The van der Waals surface area contributed by atoms with Crippen molar-refractivity contribution < 1.29 is 9.59 Å². The second-order valence-electron chi connectivity index (χ2n) is 6.55. The van der Waals surface area contributed by atoms with Crippen LogP contribution in [0.1, 0.15) is 58.5 Å². The van der Waals surface area contributed by atoms with Gasteiger partial charge in [-0.25, -0.2) is 0 Å². The number of hydrogen-bond acceptors (Lipinski definition) is 2. The van der Waals surface area contributed by atoms with Crippen LogP contribution in [0.5, 0.6) is 0 Å². The third-order valence-corrected chi connectivity index (χ3v) is 4.16. The number of aryl methyl sites for hydroxylation is 1. The van der Waals surface area contributed by atoms with E-state index in [1.54, 1.807) is 6.07 Å². The van der Waals surface area contributed by atoms with Crippen molar-refractivity contribution in [1.29, 1.82) is 0 Å². The molecule has 2 amide bonds. The molecule has 2 rings (SSSR count). The zero-order valence-electron chi connectivity index (χ0n) is 15.9. The molecule has 1 N–H and O–H groups in total. The number of rotatable bonds is 8. The summed E-state index contributed by atoms with van der Waals surface area (Å²) in [7, 11) is 0. The molecule has 0 aliphatic heterocycles. The van der Waals surface area contributed by atoms with E-state index >= 15 is 0 Å². The maximum Gasteiger partial charge on any atom is 0.253 e. The van der Waals surface area contributed by atoms with E-state index in [9.17, 15) is 9.59 Å². The topological polar surface area (TPSA) is 49.4 Å². The molecule has 4 heteroatoms. The van der Waals surface area contributed by atoms with E-state index in [0.717, 1.165) is 37.1 Å². The van der Waals surface area contributed by atoms with Gasteiger partial charge in [0.15, 0.2) is 0 Å². The highest BCUT2D eigenvalue weighted by atomic mass is 16.2. The number of nitrogens with one attached hydrogen (secondary N) is 1. The minimum absolute atomic E-state index is 0.00508. The Morgan fingerprint density at radius 1 is 0.923 bits per heavy atom. The molecule has 0 saturated carbocycles. The molecule has 0 aliphatic rings. The van der Waals surface area contributed by atoms with E-state index in [4.69, 9.17) is 0 Å². The van der Waals surface area contributed by atoms with E-state index in [1.165, 1.54) is 0 Å². The van der Waals surface area contributed by atoms with Gasteiger partial charge in [-0.2, -0.15) is 0 Å². The van der Waals surface area contributed by atoms with Gasteiger partial charge in [-0.3, -0.25) is 9.59 Å². The Morgan fingerprint density at radius 3 is 2.15 bits per heavy atom. The minimum Gasteiger partial charge on any atom is -0.348 e. The fourth-order valence-electron chi connectivity index (χ4n) is 2.96. The Morgan fingerprint density at radius 2 is 1.54 bits per heavy atom. The average molecular weight is 352 g/mol. The van der Waals surface area contributed by atoms with Gasteiger partial charge in [0.25, 0.3) is 11.8 Å². The highest BCUT2D eigenvalue weighted by Gasteiger charge is 2.17. The van der Waals surface area contributed by atoms with Crippen molar-refractivity contribution in [2.75, 3.05) is 13.1 Å². The Labute approximate surface area is 156 Å². The van der Waals surface area contributed by atoms with Gasteiger partial charge in [0.2, 0.25) is 0 Å². The summed E-state index contributed by atoms with van der Waals surface area (Å²) in [4.78, 5) is 27.2. The Hall–Kier alpha value is -2.62. The summed E-state index contributed by atoms with van der Waals surface area (Å²) >= 11 is 0. The molecule has 2 aromatic carbocycles. The molecule has 26 heavy (non-hydrogen) atoms. The molecule has 0 fully saturated rings. The molecule has 0 bridgehead atoms. The summed E-state index contributed by atoms with van der Waals surface area (Å²) < 4.78 is 0. The first-order valence-electron chi connectivity index (χ1n) is 9.28. The predicted octanol–water partition coefficient (Wildman–Crippen LogP) is 4.19. The van der Waals surface area contributed by atoms with Gasteiger partial charge in [0, 0.05) is 30.8 Å². The smallest absolute Gasteiger partial charge is 0.253 e. The van der Waals surface area contributed by atoms with Crippen molar-refractivity contribution in [2.24, 2.45) is 0 Å². The van der Waals surface area contributed by atoms with E-state index in [-0.39, 0.29) is 11.8 Å². The van der Waals surface area contributed by atoms with Crippen molar-refractivity contribution >= 4 is 11.8 Å². The molecule has 0 atom stereocenters. The molecule has 0 spiro atoms. The van der Waals surface area contributed by atoms with Gasteiger partial charge in [0.05, 0.1) is 0 Å². The van der Waals surface area contributed by atoms with Crippen LogP contribution in [-0.4, -0.2) is 29.8 Å². The lowest BCUT2D eigenvalue weighted by Crippen LogP contribution is -2.33. The summed E-state index contributed by atoms with van der Waals surface area (Å²) in [5, 5.41) is 2.92. The van der Waals surface area contributed by atoms with Gasteiger partial charge < -0.3 is 10.2 Å². The van der Waals surface area contributed by atoms with Crippen LogP contribution < -0.4 is 5.32 Å². The van der Waals surface area contributed by atoms with E-state index in [2.05, 4.69) is 19.2 Å². The van der Waals surface area contributed by atoms with Crippen LogP contribution in [-0.2, 0) is 6.54 Å². The third kappa shape index (κ3) is 5.45. The first kappa shape index (κ1) is 19.7. The van der Waals surface area contributed by atoms with Crippen LogP contribution in [0, 0.1) is 6.92 Å². The standard InChI is InChI=1S/C22H28N2O2/c1-4-11-24(12-5-2)22(26)20-14-17(3)13-19(15-20)21(25)23-16-18-9-7-6-8-10-18/h6-10,13-15H,4-5,11-12,16H2,1-3H3,(H,23,25). The lowest BCUT2D eigenvalue weighted by atomic mass is 10.0. The molecule has 0 aromatic heterocycles. The molecule has 0 heterocycles. The Balaban J connectivity index is 2.14. The molecule has 138 valence electrons. The molecule has 0 unspecified atom stereocenters. The van der Waals surface area contributed by atoms with Crippen LogP contribution >= 0.6 is 0 Å². The van der Waals surface area contributed by atoms with Crippen LogP contribution in [0.15, 0.2) is 48.5 Å². The first-order valence-corrected chi connectivity index (χ1v) is 9.28. The van der Waals surface area contributed by atoms with Crippen molar-refractivity contribution in [3.05, 3.63) is 70.8 Å². The highest BCUT2D eigenvalue weighted by Crippen LogP contribution is 2.14. The highest BCUT2D eigenvalue weighted by molar-refractivity contribution is 6.00. The number of carbonyl (C=O) groups excluding carboxylic acids is 2. The molecular formula is C22H28N2O2. The van der Waals surface area contributed by atoms with Crippen molar-refractivity contribution in [2.45, 2.75) is 40.2 Å². The molecule has 0 radical (unpaired) electrons. The molecule has 0 saturated heterocycles. The summed E-state index contributed by atoms with van der Waals surface area (Å²) in [5.41, 5.74) is 3.06. The summed E-state index contributed by atoms with van der Waals surface area (Å²) in [5.74, 6) is -0.168. The maximum atomic E-state index is 12.8. The summed E-state index contributed by atoms with van der Waals surface area (Å²) in [6.45, 7) is 7.97. The van der Waals surface area contributed by atoms with Crippen molar-refractivity contribution in [3.63, 3.8) is 0 Å². The van der Waals surface area contributed by atoms with E-state index < -0.39 is 0 Å². The van der Waals surface area contributed by atoms with Gasteiger partial charge >= 0.3 is 0 Å².